The van der Waals surface area contributed by atoms with Crippen LogP contribution in [0.5, 0.6) is 0 Å². The number of nitrogens with zero attached hydrogens (tertiary/aromatic N) is 3. The normalized spacial score (nSPS) is 22.1. The average molecular weight is 464 g/mol. The molecule has 33 heavy (non-hydrogen) atoms. The maximum Gasteiger partial charge on any atom is 0.269 e. The van der Waals surface area contributed by atoms with Crippen LogP contribution in [-0.4, -0.2) is 22.8 Å². The lowest BCUT2D eigenvalue weighted by atomic mass is 9.90. The number of non-ortho nitro benzene ring substituents is 1. The Balaban J connectivity index is 1.63. The van der Waals surface area contributed by atoms with Crippen LogP contribution in [0.3, 0.4) is 0 Å². The first-order valence-corrected chi connectivity index (χ1v) is 10.6. The molecule has 0 spiro atoms. The summed E-state index contributed by atoms with van der Waals surface area (Å²) in [7, 11) is 0. The zero-order chi connectivity index (χ0) is 23.3. The first kappa shape index (κ1) is 21.1. The third-order valence-electron chi connectivity index (χ3n) is 5.93. The van der Waals surface area contributed by atoms with Crippen molar-refractivity contribution in [2.45, 2.75) is 19.1 Å². The molecule has 166 valence electrons. The fraction of sp³-hybridized carbons (Fsp3) is 0.167. The lowest BCUT2D eigenvalue weighted by Crippen LogP contribution is -2.37. The molecule has 0 aliphatic carbocycles. The van der Waals surface area contributed by atoms with Crippen molar-refractivity contribution in [2.24, 2.45) is 5.92 Å². The smallest absolute Gasteiger partial charge is 0.269 e. The van der Waals surface area contributed by atoms with Gasteiger partial charge in [-0.1, -0.05) is 47.5 Å². The van der Waals surface area contributed by atoms with Crippen molar-refractivity contribution >= 4 is 40.5 Å². The molecule has 0 N–H and O–H groups in total. The third kappa shape index (κ3) is 3.44. The molecule has 2 amide bonds. The largest absolute Gasteiger partial charge is 0.273 e. The summed E-state index contributed by atoms with van der Waals surface area (Å²) >= 11 is 6.46. The highest BCUT2D eigenvalue weighted by Crippen LogP contribution is 2.49. The molecule has 2 fully saturated rings. The Morgan fingerprint density at radius 3 is 2.30 bits per heavy atom. The van der Waals surface area contributed by atoms with Gasteiger partial charge in [-0.05, 0) is 37.3 Å². The number of para-hydroxylation sites is 1. The fourth-order valence-corrected chi connectivity index (χ4v) is 4.58. The molecule has 0 bridgehead atoms. The van der Waals surface area contributed by atoms with E-state index in [4.69, 9.17) is 16.4 Å². The summed E-state index contributed by atoms with van der Waals surface area (Å²) in [4.78, 5) is 45.0. The molecule has 5 rings (SSSR count). The van der Waals surface area contributed by atoms with Crippen molar-refractivity contribution in [3.05, 3.63) is 99.1 Å². The predicted octanol–water partition coefficient (Wildman–Crippen LogP) is 4.61. The number of halogens is 1. The summed E-state index contributed by atoms with van der Waals surface area (Å²) < 4.78 is 0. The van der Waals surface area contributed by atoms with Crippen LogP contribution in [0.4, 0.5) is 17.1 Å². The summed E-state index contributed by atoms with van der Waals surface area (Å²) in [6, 6.07) is 19.2. The molecule has 2 heterocycles. The Kier molecular flexibility index (Phi) is 5.11. The van der Waals surface area contributed by atoms with Crippen molar-refractivity contribution < 1.29 is 19.3 Å². The second-order valence-corrected chi connectivity index (χ2v) is 8.38. The molecule has 0 saturated carbocycles. The number of nitro groups is 1. The van der Waals surface area contributed by atoms with Gasteiger partial charge in [0.25, 0.3) is 11.6 Å². The van der Waals surface area contributed by atoms with Gasteiger partial charge in [0.1, 0.15) is 5.92 Å². The molecule has 0 unspecified atom stereocenters. The van der Waals surface area contributed by atoms with Crippen LogP contribution in [0.25, 0.3) is 0 Å². The fourth-order valence-electron chi connectivity index (χ4n) is 4.35. The average Bonchev–Trinajstić information content (AvgIpc) is 3.31. The number of imide groups is 1. The van der Waals surface area contributed by atoms with Crippen molar-refractivity contribution in [1.82, 2.24) is 0 Å². The number of carbonyl (C=O) groups excluding carboxylic acids is 2. The van der Waals surface area contributed by atoms with Gasteiger partial charge in [0.2, 0.25) is 5.91 Å². The quantitative estimate of drug-likeness (QED) is 0.319. The number of benzene rings is 3. The molecule has 2 saturated heterocycles. The molecule has 0 radical (unpaired) electrons. The molecule has 9 heteroatoms. The van der Waals surface area contributed by atoms with Crippen LogP contribution in [-0.2, 0) is 14.4 Å². The van der Waals surface area contributed by atoms with E-state index in [1.165, 1.54) is 23.3 Å². The summed E-state index contributed by atoms with van der Waals surface area (Å²) in [5.41, 5.74) is 2.21. The highest BCUT2D eigenvalue weighted by atomic mass is 35.5. The van der Waals surface area contributed by atoms with E-state index in [-0.39, 0.29) is 10.7 Å². The SMILES string of the molecule is Cc1ccc(N2C(=O)[C@H]3[C@@H](c4cc([N+](=O)[O-])ccc4Cl)N(c4ccccc4)O[C@H]3C2=O)cc1. The lowest BCUT2D eigenvalue weighted by molar-refractivity contribution is -0.384. The van der Waals surface area contributed by atoms with E-state index < -0.39 is 34.8 Å². The second-order valence-electron chi connectivity index (χ2n) is 7.97. The number of aryl methyl sites for hydroxylation is 1. The predicted molar refractivity (Wildman–Crippen MR) is 122 cm³/mol. The first-order chi connectivity index (χ1) is 15.9. The Hall–Kier alpha value is -3.75. The molecule has 3 atom stereocenters. The van der Waals surface area contributed by atoms with Crippen molar-refractivity contribution in [3.63, 3.8) is 0 Å². The van der Waals surface area contributed by atoms with E-state index in [0.29, 0.717) is 16.9 Å². The van der Waals surface area contributed by atoms with E-state index >= 15 is 0 Å². The minimum atomic E-state index is -1.08. The minimum absolute atomic E-state index is 0.168. The molecular formula is C24H18ClN3O5. The van der Waals surface area contributed by atoms with Crippen molar-refractivity contribution in [3.8, 4) is 0 Å². The van der Waals surface area contributed by atoms with Gasteiger partial charge in [0, 0.05) is 22.7 Å². The molecule has 2 aliphatic heterocycles. The van der Waals surface area contributed by atoms with Gasteiger partial charge in [-0.15, -0.1) is 0 Å². The van der Waals surface area contributed by atoms with Crippen molar-refractivity contribution in [1.29, 1.82) is 0 Å². The van der Waals surface area contributed by atoms with Gasteiger partial charge >= 0.3 is 0 Å². The number of anilines is 2. The number of rotatable bonds is 4. The van der Waals surface area contributed by atoms with Crippen LogP contribution < -0.4 is 9.96 Å². The maximum absolute atomic E-state index is 13.6. The standard InChI is InChI=1S/C24H18ClN3O5/c1-14-7-9-15(10-8-14)26-23(29)20-21(18-13-17(28(31)32)11-12-19(18)25)27(33-22(20)24(26)30)16-5-3-2-4-6-16/h2-13,20-22H,1H3/t20-,21+,22+/m0/s1. The minimum Gasteiger partial charge on any atom is -0.273 e. The molecule has 0 aromatic heterocycles. The third-order valence-corrected chi connectivity index (χ3v) is 6.27. The number of hydrogen-bond donors (Lipinski definition) is 0. The number of nitro benzene ring substituents is 1. The van der Waals surface area contributed by atoms with Crippen molar-refractivity contribution in [2.75, 3.05) is 9.96 Å². The van der Waals surface area contributed by atoms with Gasteiger partial charge in [-0.25, -0.2) is 9.96 Å². The number of carbonyl (C=O) groups is 2. The highest BCUT2D eigenvalue weighted by molar-refractivity contribution is 6.31. The van der Waals surface area contributed by atoms with E-state index in [1.54, 1.807) is 36.4 Å². The summed E-state index contributed by atoms with van der Waals surface area (Å²) in [5.74, 6) is -1.86. The van der Waals surface area contributed by atoms with Gasteiger partial charge in [-0.3, -0.25) is 24.5 Å². The Morgan fingerprint density at radius 1 is 0.939 bits per heavy atom. The number of amides is 2. The zero-order valence-corrected chi connectivity index (χ0v) is 18.2. The summed E-state index contributed by atoms with van der Waals surface area (Å²) in [5, 5.41) is 13.1. The van der Waals surface area contributed by atoms with Crippen LogP contribution in [0.15, 0.2) is 72.8 Å². The monoisotopic (exact) mass is 463 g/mol. The topological polar surface area (TPSA) is 93.0 Å². The van der Waals surface area contributed by atoms with Crippen LogP contribution in [0.2, 0.25) is 5.02 Å². The van der Waals surface area contributed by atoms with E-state index in [1.807, 2.05) is 25.1 Å². The second kappa shape index (κ2) is 7.99. The molecular weight excluding hydrogens is 446 g/mol. The van der Waals surface area contributed by atoms with E-state index in [9.17, 15) is 19.7 Å². The Bertz CT molecular complexity index is 1260. The zero-order valence-electron chi connectivity index (χ0n) is 17.4. The van der Waals surface area contributed by atoms with Crippen LogP contribution in [0.1, 0.15) is 17.2 Å². The summed E-state index contributed by atoms with van der Waals surface area (Å²) in [6.45, 7) is 1.91. The highest BCUT2D eigenvalue weighted by Gasteiger charge is 2.60. The molecule has 8 nitrogen and oxygen atoms in total. The molecule has 2 aliphatic rings. The van der Waals surface area contributed by atoms with Gasteiger partial charge in [0.05, 0.1) is 22.3 Å². The summed E-state index contributed by atoms with van der Waals surface area (Å²) in [6.07, 6.45) is -1.08. The number of hydrogen-bond acceptors (Lipinski definition) is 6. The maximum atomic E-state index is 13.6. The van der Waals surface area contributed by atoms with E-state index in [2.05, 4.69) is 0 Å². The Labute approximate surface area is 194 Å². The van der Waals surface area contributed by atoms with Crippen LogP contribution in [0, 0.1) is 23.0 Å². The van der Waals surface area contributed by atoms with Gasteiger partial charge < -0.3 is 0 Å². The number of fused-ring (bicyclic) bond motifs is 1. The molecule has 3 aromatic rings. The van der Waals surface area contributed by atoms with Gasteiger partial charge in [0.15, 0.2) is 6.10 Å². The van der Waals surface area contributed by atoms with Crippen LogP contribution >= 0.6 is 11.6 Å². The molecule has 3 aromatic carbocycles. The Morgan fingerprint density at radius 2 is 1.64 bits per heavy atom. The lowest BCUT2D eigenvalue weighted by Gasteiger charge is -2.29. The van der Waals surface area contributed by atoms with E-state index in [0.717, 1.165) is 10.5 Å². The first-order valence-electron chi connectivity index (χ1n) is 10.3. The van der Waals surface area contributed by atoms with Gasteiger partial charge in [-0.2, -0.15) is 0 Å². The number of hydroxylamine groups is 1.